The topological polar surface area (TPSA) is 157 Å². The fourth-order valence-corrected chi connectivity index (χ4v) is 4.19. The third-order valence-electron chi connectivity index (χ3n) is 5.05. The minimum absolute atomic E-state index is 0.0911. The fourth-order valence-electron chi connectivity index (χ4n) is 3.43. The monoisotopic (exact) mass is 535 g/mol. The second-order valence-corrected chi connectivity index (χ2v) is 8.18. The molecule has 4 aromatic rings. The number of hydrogen-bond donors (Lipinski definition) is 5. The molecule has 0 atom stereocenters. The highest BCUT2D eigenvalue weighted by atomic mass is 79.9. The van der Waals surface area contributed by atoms with Crippen molar-refractivity contribution in [1.29, 1.82) is 0 Å². The van der Waals surface area contributed by atoms with Crippen LogP contribution < -0.4 is 10.6 Å². The Morgan fingerprint density at radius 3 is 2.60 bits per heavy atom. The number of carbonyl (C=O) groups is 3. The van der Waals surface area contributed by atoms with E-state index in [2.05, 4.69) is 42.0 Å². The highest BCUT2D eigenvalue weighted by molar-refractivity contribution is 9.10. The molecule has 5 N–H and O–H groups in total. The Balaban J connectivity index is 1.73. The molecular weight excluding hydrogens is 518 g/mol. The molecule has 0 spiro atoms. The number of amides is 2. The molecule has 0 aliphatic rings. The first-order chi connectivity index (χ1) is 16.8. The standard InChI is InChI=1S/C24H18BrN5O5/c25-22-17(24(35)26-9-8-20(32)33)6-5-16(23(34)27-12-13-2-1-3-15(31)10-13)21(22)14-4-7-18-19(11-14)29-30-28-18/h1-11,31H,12H2,(H,26,35)(H,27,34)(H,32,33)(H,28,29,30). The highest BCUT2D eigenvalue weighted by Gasteiger charge is 2.22. The Labute approximate surface area is 206 Å². The van der Waals surface area contributed by atoms with Crippen LogP contribution in [0.3, 0.4) is 0 Å². The van der Waals surface area contributed by atoms with Crippen molar-refractivity contribution in [2.24, 2.45) is 0 Å². The molecule has 1 heterocycles. The largest absolute Gasteiger partial charge is 0.508 e. The number of phenolic OH excluding ortho intramolecular Hbond substituents is 1. The number of nitrogens with one attached hydrogen (secondary N) is 3. The summed E-state index contributed by atoms with van der Waals surface area (Å²) in [7, 11) is 0. The number of carbonyl (C=O) groups excluding carboxylic acids is 2. The number of aromatic amines is 1. The molecule has 0 radical (unpaired) electrons. The number of phenols is 1. The first kappa shape index (κ1) is 23.6. The van der Waals surface area contributed by atoms with Crippen LogP contribution in [0.1, 0.15) is 26.3 Å². The average molecular weight is 536 g/mol. The molecule has 176 valence electrons. The first-order valence-electron chi connectivity index (χ1n) is 10.2. The predicted molar refractivity (Wildman–Crippen MR) is 131 cm³/mol. The van der Waals surface area contributed by atoms with E-state index < -0.39 is 17.8 Å². The van der Waals surface area contributed by atoms with Crippen molar-refractivity contribution in [2.75, 3.05) is 0 Å². The molecule has 4 rings (SSSR count). The Morgan fingerprint density at radius 1 is 1.03 bits per heavy atom. The van der Waals surface area contributed by atoms with Crippen LogP contribution in [0.4, 0.5) is 0 Å². The Bertz CT molecular complexity index is 1480. The maximum atomic E-state index is 13.2. The van der Waals surface area contributed by atoms with Crippen molar-refractivity contribution in [2.45, 2.75) is 6.54 Å². The number of aromatic nitrogens is 3. The molecule has 0 saturated heterocycles. The van der Waals surface area contributed by atoms with Gasteiger partial charge in [-0.05, 0) is 63.5 Å². The molecule has 35 heavy (non-hydrogen) atoms. The van der Waals surface area contributed by atoms with Crippen LogP contribution in [0.2, 0.25) is 0 Å². The zero-order valence-electron chi connectivity index (χ0n) is 17.9. The molecule has 0 aliphatic carbocycles. The lowest BCUT2D eigenvalue weighted by Gasteiger charge is -2.15. The minimum Gasteiger partial charge on any atom is -0.508 e. The number of carboxylic acid groups (broad SMARTS) is 1. The number of halogens is 1. The van der Waals surface area contributed by atoms with E-state index in [1.165, 1.54) is 18.2 Å². The number of aromatic hydroxyl groups is 1. The summed E-state index contributed by atoms with van der Waals surface area (Å²) in [6.45, 7) is 0.175. The zero-order valence-corrected chi connectivity index (χ0v) is 19.5. The summed E-state index contributed by atoms with van der Waals surface area (Å²) < 4.78 is 0.339. The van der Waals surface area contributed by atoms with Gasteiger partial charge < -0.3 is 20.8 Å². The fraction of sp³-hybridized carbons (Fsp3) is 0.0417. The van der Waals surface area contributed by atoms with Gasteiger partial charge >= 0.3 is 5.97 Å². The van der Waals surface area contributed by atoms with E-state index in [0.29, 0.717) is 32.2 Å². The Hall–Kier alpha value is -4.51. The molecule has 11 heteroatoms. The number of nitrogens with zero attached hydrogens (tertiary/aromatic N) is 2. The maximum Gasteiger partial charge on any atom is 0.329 e. The van der Waals surface area contributed by atoms with Crippen molar-refractivity contribution < 1.29 is 24.6 Å². The zero-order chi connectivity index (χ0) is 24.9. The van der Waals surface area contributed by atoms with E-state index >= 15 is 0 Å². The van der Waals surface area contributed by atoms with Crippen LogP contribution >= 0.6 is 15.9 Å². The first-order valence-corrected chi connectivity index (χ1v) is 11.0. The number of H-pyrrole nitrogens is 1. The Morgan fingerprint density at radius 2 is 1.83 bits per heavy atom. The van der Waals surface area contributed by atoms with Crippen LogP contribution in [0.25, 0.3) is 22.2 Å². The lowest BCUT2D eigenvalue weighted by atomic mass is 9.95. The van der Waals surface area contributed by atoms with Crippen molar-refractivity contribution in [3.05, 3.63) is 88.0 Å². The van der Waals surface area contributed by atoms with Gasteiger partial charge in [-0.15, -0.1) is 5.10 Å². The number of carboxylic acids is 1. The molecule has 2 amide bonds. The van der Waals surface area contributed by atoms with Gasteiger partial charge in [-0.2, -0.15) is 0 Å². The summed E-state index contributed by atoms with van der Waals surface area (Å²) >= 11 is 3.46. The van der Waals surface area contributed by atoms with E-state index in [4.69, 9.17) is 5.11 Å². The summed E-state index contributed by atoms with van der Waals surface area (Å²) in [6, 6.07) is 14.8. The summed E-state index contributed by atoms with van der Waals surface area (Å²) in [6.07, 6.45) is 1.82. The summed E-state index contributed by atoms with van der Waals surface area (Å²) in [5, 5.41) is 34.2. The van der Waals surface area contributed by atoms with Gasteiger partial charge in [-0.25, -0.2) is 4.79 Å². The van der Waals surface area contributed by atoms with Crippen LogP contribution in [0.15, 0.2) is 71.3 Å². The molecule has 1 aromatic heterocycles. The van der Waals surface area contributed by atoms with Crippen LogP contribution in [-0.4, -0.2) is 43.4 Å². The van der Waals surface area contributed by atoms with Gasteiger partial charge in [0, 0.05) is 34.4 Å². The molecule has 10 nitrogen and oxygen atoms in total. The minimum atomic E-state index is -1.20. The van der Waals surface area contributed by atoms with Crippen molar-refractivity contribution in [1.82, 2.24) is 26.0 Å². The molecule has 3 aromatic carbocycles. The Kier molecular flexibility index (Phi) is 6.88. The van der Waals surface area contributed by atoms with Gasteiger partial charge in [-0.3, -0.25) is 14.7 Å². The maximum absolute atomic E-state index is 13.2. The van der Waals surface area contributed by atoms with Crippen molar-refractivity contribution >= 4 is 44.7 Å². The van der Waals surface area contributed by atoms with Crippen molar-refractivity contribution in [3.8, 4) is 16.9 Å². The SMILES string of the molecule is O=C(O)C=CNC(=O)c1ccc(C(=O)NCc2cccc(O)c2)c(-c2ccc3[nH]nnc3c2)c1Br. The molecular formula is C24H18BrN5O5. The third kappa shape index (κ3) is 5.36. The summed E-state index contributed by atoms with van der Waals surface area (Å²) in [5.41, 5.74) is 3.52. The molecule has 0 aliphatic heterocycles. The normalized spacial score (nSPS) is 11.0. The van der Waals surface area contributed by atoms with E-state index in [1.54, 1.807) is 36.4 Å². The van der Waals surface area contributed by atoms with Gasteiger partial charge in [0.05, 0.1) is 11.1 Å². The number of rotatable bonds is 7. The lowest BCUT2D eigenvalue weighted by molar-refractivity contribution is -0.131. The number of aliphatic carboxylic acids is 1. The van der Waals surface area contributed by atoms with Crippen molar-refractivity contribution in [3.63, 3.8) is 0 Å². The smallest absolute Gasteiger partial charge is 0.329 e. The van der Waals surface area contributed by atoms with E-state index in [0.717, 1.165) is 12.3 Å². The number of hydrogen-bond acceptors (Lipinski definition) is 6. The predicted octanol–water partition coefficient (Wildman–Crippen LogP) is 3.35. The quantitative estimate of drug-likeness (QED) is 0.227. The molecule has 0 unspecified atom stereocenters. The summed E-state index contributed by atoms with van der Waals surface area (Å²) in [4.78, 5) is 36.6. The van der Waals surface area contributed by atoms with Gasteiger partial charge in [0.15, 0.2) is 0 Å². The van der Waals surface area contributed by atoms with E-state index in [9.17, 15) is 19.5 Å². The number of fused-ring (bicyclic) bond motifs is 1. The van der Waals surface area contributed by atoms with Gasteiger partial charge in [0.25, 0.3) is 11.8 Å². The van der Waals surface area contributed by atoms with Gasteiger partial charge in [0.2, 0.25) is 0 Å². The van der Waals surface area contributed by atoms with E-state index in [1.807, 2.05) is 0 Å². The van der Waals surface area contributed by atoms with Gasteiger partial charge in [0.1, 0.15) is 11.3 Å². The second kappa shape index (κ2) is 10.2. The molecule has 0 saturated carbocycles. The van der Waals surface area contributed by atoms with Gasteiger partial charge in [-0.1, -0.05) is 23.4 Å². The molecule has 0 bridgehead atoms. The molecule has 0 fully saturated rings. The summed E-state index contributed by atoms with van der Waals surface area (Å²) in [5.74, 6) is -2.08. The average Bonchev–Trinajstić information content (AvgIpc) is 3.30. The second-order valence-electron chi connectivity index (χ2n) is 7.39. The van der Waals surface area contributed by atoms with Crippen LogP contribution in [0.5, 0.6) is 5.75 Å². The van der Waals surface area contributed by atoms with Crippen LogP contribution in [0, 0.1) is 0 Å². The van der Waals surface area contributed by atoms with E-state index in [-0.39, 0.29) is 23.4 Å². The third-order valence-corrected chi connectivity index (χ3v) is 5.87. The lowest BCUT2D eigenvalue weighted by Crippen LogP contribution is -2.24. The van der Waals surface area contributed by atoms with Crippen LogP contribution in [-0.2, 0) is 11.3 Å². The highest BCUT2D eigenvalue weighted by Crippen LogP contribution is 2.36. The number of benzene rings is 3.